The minimum absolute atomic E-state index is 0.0231. The van der Waals surface area contributed by atoms with Crippen LogP contribution < -0.4 is 10.1 Å². The summed E-state index contributed by atoms with van der Waals surface area (Å²) in [6.45, 7) is 2.79. The topological polar surface area (TPSA) is 44.7 Å². The van der Waals surface area contributed by atoms with Gasteiger partial charge < -0.3 is 15.2 Å². The number of alkyl halides is 3. The molecule has 7 heteroatoms. The molecule has 1 saturated heterocycles. The van der Waals surface area contributed by atoms with E-state index in [-0.39, 0.29) is 12.2 Å². The lowest BCUT2D eigenvalue weighted by Gasteiger charge is -2.35. The summed E-state index contributed by atoms with van der Waals surface area (Å²) in [5.41, 5.74) is 0.520. The zero-order valence-electron chi connectivity index (χ0n) is 12.5. The Morgan fingerprint density at radius 2 is 2.00 bits per heavy atom. The Hall–Kier alpha value is -1.47. The van der Waals surface area contributed by atoms with Gasteiger partial charge in [-0.1, -0.05) is 6.07 Å². The van der Waals surface area contributed by atoms with Crippen LogP contribution >= 0.6 is 0 Å². The van der Waals surface area contributed by atoms with Crippen molar-refractivity contribution >= 4 is 0 Å². The summed E-state index contributed by atoms with van der Waals surface area (Å²) < 4.78 is 42.8. The first-order chi connectivity index (χ1) is 10.4. The maximum Gasteiger partial charge on any atom is 0.389 e. The standard InChI is InChI=1S/C15H21F3N2O2/c1-22-11-2-3-12(14(21)10-11)13(4-5-15(16,17)18)20-8-6-19-7-9-20/h2-3,10,13,19,21H,4-9H2,1H3/t13-/m0/s1. The molecule has 1 heterocycles. The van der Waals surface area contributed by atoms with Crippen LogP contribution in [0.2, 0.25) is 0 Å². The lowest BCUT2D eigenvalue weighted by Crippen LogP contribution is -2.45. The monoisotopic (exact) mass is 318 g/mol. The molecule has 0 radical (unpaired) electrons. The molecule has 0 amide bonds. The molecular weight excluding hydrogens is 297 g/mol. The van der Waals surface area contributed by atoms with Crippen molar-refractivity contribution in [1.82, 2.24) is 10.2 Å². The number of piperazine rings is 1. The van der Waals surface area contributed by atoms with Gasteiger partial charge in [0.15, 0.2) is 0 Å². The predicted molar refractivity (Wildman–Crippen MR) is 77.1 cm³/mol. The molecule has 124 valence electrons. The number of phenolic OH excluding ortho intramolecular Hbond substituents is 1. The second-order valence-electron chi connectivity index (χ2n) is 5.38. The van der Waals surface area contributed by atoms with Gasteiger partial charge in [0, 0.05) is 50.3 Å². The number of aromatic hydroxyl groups is 1. The van der Waals surface area contributed by atoms with Crippen LogP contribution in [0.3, 0.4) is 0 Å². The number of halogens is 3. The van der Waals surface area contributed by atoms with E-state index >= 15 is 0 Å². The number of ether oxygens (including phenoxy) is 1. The Labute approximate surface area is 127 Å². The lowest BCUT2D eigenvalue weighted by atomic mass is 9.98. The normalized spacial score (nSPS) is 18.2. The van der Waals surface area contributed by atoms with Crippen LogP contribution in [0.1, 0.15) is 24.4 Å². The van der Waals surface area contributed by atoms with Crippen LogP contribution in [0.15, 0.2) is 18.2 Å². The van der Waals surface area contributed by atoms with Gasteiger partial charge in [-0.15, -0.1) is 0 Å². The van der Waals surface area contributed by atoms with Crippen molar-refractivity contribution in [1.29, 1.82) is 0 Å². The second kappa shape index (κ2) is 7.19. The summed E-state index contributed by atoms with van der Waals surface area (Å²) in [7, 11) is 1.48. The molecule has 0 unspecified atom stereocenters. The van der Waals surface area contributed by atoms with Crippen LogP contribution in [0.4, 0.5) is 13.2 Å². The van der Waals surface area contributed by atoms with Crippen LogP contribution in [0, 0.1) is 0 Å². The van der Waals surface area contributed by atoms with Crippen molar-refractivity contribution in [3.8, 4) is 11.5 Å². The highest BCUT2D eigenvalue weighted by atomic mass is 19.4. The average Bonchev–Trinajstić information content (AvgIpc) is 2.48. The van der Waals surface area contributed by atoms with E-state index in [9.17, 15) is 18.3 Å². The molecule has 22 heavy (non-hydrogen) atoms. The highest BCUT2D eigenvalue weighted by molar-refractivity contribution is 5.41. The summed E-state index contributed by atoms with van der Waals surface area (Å²) in [5.74, 6) is 0.459. The fourth-order valence-electron chi connectivity index (χ4n) is 2.76. The summed E-state index contributed by atoms with van der Waals surface area (Å²) in [6.07, 6.45) is -5.13. The molecule has 2 N–H and O–H groups in total. The van der Waals surface area contributed by atoms with E-state index in [1.165, 1.54) is 13.2 Å². The molecule has 0 aliphatic carbocycles. The average molecular weight is 318 g/mol. The molecule has 1 aliphatic heterocycles. The van der Waals surface area contributed by atoms with Gasteiger partial charge in [0.05, 0.1) is 7.11 Å². The van der Waals surface area contributed by atoms with E-state index in [4.69, 9.17) is 4.74 Å². The lowest BCUT2D eigenvalue weighted by molar-refractivity contribution is -0.138. The molecular formula is C15H21F3N2O2. The van der Waals surface area contributed by atoms with Crippen molar-refractivity contribution in [2.75, 3.05) is 33.3 Å². The van der Waals surface area contributed by atoms with Crippen molar-refractivity contribution in [2.45, 2.75) is 25.1 Å². The highest BCUT2D eigenvalue weighted by Gasteiger charge is 2.32. The fourth-order valence-corrected chi connectivity index (χ4v) is 2.76. The predicted octanol–water partition coefficient (Wildman–Crippen LogP) is 2.69. The van der Waals surface area contributed by atoms with Crippen molar-refractivity contribution in [3.63, 3.8) is 0 Å². The van der Waals surface area contributed by atoms with Gasteiger partial charge in [-0.3, -0.25) is 4.90 Å². The molecule has 1 aromatic carbocycles. The van der Waals surface area contributed by atoms with Gasteiger partial charge in [0.1, 0.15) is 11.5 Å². The van der Waals surface area contributed by atoms with Gasteiger partial charge in [0.2, 0.25) is 0 Å². The summed E-state index contributed by atoms with van der Waals surface area (Å²) in [5, 5.41) is 13.3. The van der Waals surface area contributed by atoms with E-state index in [0.29, 0.717) is 24.4 Å². The fraction of sp³-hybridized carbons (Fsp3) is 0.600. The third-order valence-corrected chi connectivity index (χ3v) is 3.89. The molecule has 1 aliphatic rings. The largest absolute Gasteiger partial charge is 0.507 e. The molecule has 0 spiro atoms. The highest BCUT2D eigenvalue weighted by Crippen LogP contribution is 2.37. The van der Waals surface area contributed by atoms with E-state index in [1.54, 1.807) is 12.1 Å². The maximum atomic E-state index is 12.6. The summed E-state index contributed by atoms with van der Waals surface area (Å²) in [6, 6.07) is 4.31. The minimum Gasteiger partial charge on any atom is -0.507 e. The Kier molecular flexibility index (Phi) is 5.52. The van der Waals surface area contributed by atoms with E-state index in [2.05, 4.69) is 5.32 Å². The van der Waals surface area contributed by atoms with Crippen LogP contribution in [-0.2, 0) is 0 Å². The van der Waals surface area contributed by atoms with Crippen LogP contribution in [0.25, 0.3) is 0 Å². The van der Waals surface area contributed by atoms with E-state index < -0.39 is 18.6 Å². The number of hydrogen-bond donors (Lipinski definition) is 2. The molecule has 1 fully saturated rings. The quantitative estimate of drug-likeness (QED) is 0.876. The number of hydrogen-bond acceptors (Lipinski definition) is 4. The third-order valence-electron chi connectivity index (χ3n) is 3.89. The summed E-state index contributed by atoms with van der Waals surface area (Å²) in [4.78, 5) is 1.99. The van der Waals surface area contributed by atoms with Gasteiger partial charge >= 0.3 is 6.18 Å². The minimum atomic E-state index is -4.20. The molecule has 2 rings (SSSR count). The van der Waals surface area contributed by atoms with E-state index in [0.717, 1.165) is 13.1 Å². The van der Waals surface area contributed by atoms with E-state index in [1.807, 2.05) is 4.90 Å². The first-order valence-electron chi connectivity index (χ1n) is 7.29. The molecule has 0 bridgehead atoms. The Bertz CT molecular complexity index is 488. The van der Waals surface area contributed by atoms with Crippen molar-refractivity contribution in [3.05, 3.63) is 23.8 Å². The van der Waals surface area contributed by atoms with Gasteiger partial charge in [-0.2, -0.15) is 13.2 Å². The Morgan fingerprint density at radius 3 is 2.55 bits per heavy atom. The summed E-state index contributed by atoms with van der Waals surface area (Å²) >= 11 is 0. The number of methoxy groups -OCH3 is 1. The molecule has 1 atom stereocenters. The zero-order chi connectivity index (χ0) is 16.2. The number of rotatable bonds is 5. The van der Waals surface area contributed by atoms with Crippen LogP contribution in [-0.4, -0.2) is 49.5 Å². The molecule has 4 nitrogen and oxygen atoms in total. The second-order valence-corrected chi connectivity index (χ2v) is 5.38. The number of nitrogens with zero attached hydrogens (tertiary/aromatic N) is 1. The van der Waals surface area contributed by atoms with Crippen molar-refractivity contribution in [2.24, 2.45) is 0 Å². The number of benzene rings is 1. The maximum absolute atomic E-state index is 12.6. The zero-order valence-corrected chi connectivity index (χ0v) is 12.5. The van der Waals surface area contributed by atoms with Crippen molar-refractivity contribution < 1.29 is 23.0 Å². The van der Waals surface area contributed by atoms with Gasteiger partial charge in [-0.25, -0.2) is 0 Å². The smallest absolute Gasteiger partial charge is 0.389 e. The molecule has 1 aromatic rings. The first kappa shape index (κ1) is 16.9. The molecule has 0 saturated carbocycles. The number of phenols is 1. The Balaban J connectivity index is 2.22. The molecule has 0 aromatic heterocycles. The SMILES string of the molecule is COc1ccc([C@H](CCC(F)(F)F)N2CCNCC2)c(O)c1. The first-order valence-corrected chi connectivity index (χ1v) is 7.29. The van der Waals surface area contributed by atoms with Gasteiger partial charge in [0.25, 0.3) is 0 Å². The van der Waals surface area contributed by atoms with Crippen LogP contribution in [0.5, 0.6) is 11.5 Å². The Morgan fingerprint density at radius 1 is 1.32 bits per heavy atom. The third kappa shape index (κ3) is 4.51. The number of nitrogens with one attached hydrogen (secondary N) is 1. The van der Waals surface area contributed by atoms with Gasteiger partial charge in [-0.05, 0) is 12.5 Å².